The van der Waals surface area contributed by atoms with Crippen LogP contribution in [0.25, 0.3) is 10.8 Å². The van der Waals surface area contributed by atoms with Gasteiger partial charge in [0.25, 0.3) is 0 Å². The molecule has 0 aliphatic heterocycles. The summed E-state index contributed by atoms with van der Waals surface area (Å²) in [6.45, 7) is 4.57. The first-order valence-corrected chi connectivity index (χ1v) is 11.6. The van der Waals surface area contributed by atoms with Crippen molar-refractivity contribution >= 4 is 16.5 Å². The van der Waals surface area contributed by atoms with Gasteiger partial charge in [0.05, 0.1) is 0 Å². The molecule has 0 heterocycles. The highest BCUT2D eigenvalue weighted by Crippen LogP contribution is 2.30. The van der Waals surface area contributed by atoms with Crippen molar-refractivity contribution < 1.29 is 0 Å². The number of nitrogen functional groups attached to an aromatic ring is 1. The molecule has 0 amide bonds. The zero-order valence-corrected chi connectivity index (χ0v) is 17.9. The van der Waals surface area contributed by atoms with E-state index in [0.29, 0.717) is 0 Å². The summed E-state index contributed by atoms with van der Waals surface area (Å²) in [6, 6.07) is 11.1. The predicted octanol–water partition coefficient (Wildman–Crippen LogP) is 8.23. The van der Waals surface area contributed by atoms with Gasteiger partial charge in [0.1, 0.15) is 0 Å². The largest absolute Gasteiger partial charge is 0.398 e. The Kier molecular flexibility index (Phi) is 10.3. The van der Waals surface area contributed by atoms with Crippen LogP contribution < -0.4 is 5.73 Å². The zero-order chi connectivity index (χ0) is 19.3. The summed E-state index contributed by atoms with van der Waals surface area (Å²) in [6.07, 6.45) is 18.6. The van der Waals surface area contributed by atoms with Gasteiger partial charge in [-0.15, -0.1) is 0 Å². The smallest absolute Gasteiger partial charge is 0.0394 e. The van der Waals surface area contributed by atoms with Crippen molar-refractivity contribution in [1.82, 2.24) is 0 Å². The van der Waals surface area contributed by atoms with Gasteiger partial charge in [-0.3, -0.25) is 0 Å². The van der Waals surface area contributed by atoms with Crippen LogP contribution >= 0.6 is 0 Å². The topological polar surface area (TPSA) is 26.0 Å². The summed E-state index contributed by atoms with van der Waals surface area (Å²) in [7, 11) is 0. The van der Waals surface area contributed by atoms with Crippen molar-refractivity contribution in [2.75, 3.05) is 5.73 Å². The SMILES string of the molecule is CCCCCCCCc1cccc2c(N)ccc(CCCCCCCC)c12. The molecule has 0 aliphatic carbocycles. The van der Waals surface area contributed by atoms with Gasteiger partial charge < -0.3 is 5.73 Å². The monoisotopic (exact) mass is 367 g/mol. The summed E-state index contributed by atoms with van der Waals surface area (Å²) >= 11 is 0. The molecule has 0 fully saturated rings. The molecule has 1 nitrogen and oxygen atoms in total. The van der Waals surface area contributed by atoms with Gasteiger partial charge in [0.2, 0.25) is 0 Å². The number of benzene rings is 2. The van der Waals surface area contributed by atoms with Crippen molar-refractivity contribution in [1.29, 1.82) is 0 Å². The number of hydrogen-bond donors (Lipinski definition) is 1. The van der Waals surface area contributed by atoms with Gasteiger partial charge in [0, 0.05) is 11.1 Å². The lowest BCUT2D eigenvalue weighted by atomic mass is 9.92. The number of aryl methyl sites for hydroxylation is 2. The number of nitrogens with two attached hydrogens (primary N) is 1. The van der Waals surface area contributed by atoms with E-state index in [1.165, 1.54) is 112 Å². The van der Waals surface area contributed by atoms with Crippen LogP contribution in [0.15, 0.2) is 30.3 Å². The maximum Gasteiger partial charge on any atom is 0.0394 e. The molecular formula is C26H41N. The quantitative estimate of drug-likeness (QED) is 0.264. The Labute approximate surface area is 167 Å². The fourth-order valence-corrected chi connectivity index (χ4v) is 4.19. The third-order valence-corrected chi connectivity index (χ3v) is 5.85. The van der Waals surface area contributed by atoms with Crippen LogP contribution in [0.3, 0.4) is 0 Å². The number of anilines is 1. The van der Waals surface area contributed by atoms with Crippen molar-refractivity contribution in [3.63, 3.8) is 0 Å². The van der Waals surface area contributed by atoms with Crippen LogP contribution in [0.1, 0.15) is 102 Å². The zero-order valence-electron chi connectivity index (χ0n) is 17.9. The molecule has 0 atom stereocenters. The van der Waals surface area contributed by atoms with Crippen LogP contribution in [0, 0.1) is 0 Å². The Morgan fingerprint density at radius 3 is 1.70 bits per heavy atom. The minimum atomic E-state index is 0.932. The van der Waals surface area contributed by atoms with Crippen molar-refractivity contribution in [2.45, 2.75) is 104 Å². The fourth-order valence-electron chi connectivity index (χ4n) is 4.19. The van der Waals surface area contributed by atoms with Gasteiger partial charge in [0.15, 0.2) is 0 Å². The second-order valence-corrected chi connectivity index (χ2v) is 8.19. The minimum Gasteiger partial charge on any atom is -0.398 e. The van der Waals surface area contributed by atoms with E-state index < -0.39 is 0 Å². The highest BCUT2D eigenvalue weighted by molar-refractivity contribution is 5.97. The molecule has 0 saturated carbocycles. The van der Waals surface area contributed by atoms with Crippen LogP contribution in [0.5, 0.6) is 0 Å². The van der Waals surface area contributed by atoms with Crippen molar-refractivity contribution in [2.24, 2.45) is 0 Å². The van der Waals surface area contributed by atoms with Gasteiger partial charge in [-0.2, -0.15) is 0 Å². The average Bonchev–Trinajstić information content (AvgIpc) is 2.69. The highest BCUT2D eigenvalue weighted by atomic mass is 14.5. The lowest BCUT2D eigenvalue weighted by molar-refractivity contribution is 0.606. The first-order valence-electron chi connectivity index (χ1n) is 11.6. The molecule has 2 rings (SSSR count). The molecule has 0 spiro atoms. The number of fused-ring (bicyclic) bond motifs is 1. The van der Waals surface area contributed by atoms with Crippen molar-refractivity contribution in [3.05, 3.63) is 41.5 Å². The molecule has 2 N–H and O–H groups in total. The average molecular weight is 368 g/mol. The predicted molar refractivity (Wildman–Crippen MR) is 123 cm³/mol. The molecular weight excluding hydrogens is 326 g/mol. The van der Waals surface area contributed by atoms with Gasteiger partial charge in [-0.25, -0.2) is 0 Å². The van der Waals surface area contributed by atoms with E-state index in [2.05, 4.69) is 44.2 Å². The number of hydrogen-bond acceptors (Lipinski definition) is 1. The molecule has 0 unspecified atom stereocenters. The first kappa shape index (κ1) is 21.8. The van der Waals surface area contributed by atoms with Gasteiger partial charge in [-0.1, -0.05) is 102 Å². The van der Waals surface area contributed by atoms with Crippen LogP contribution in [-0.2, 0) is 12.8 Å². The van der Waals surface area contributed by atoms with E-state index in [1.807, 2.05) is 0 Å². The fraction of sp³-hybridized carbons (Fsp3) is 0.615. The third kappa shape index (κ3) is 7.20. The molecule has 0 saturated heterocycles. The van der Waals surface area contributed by atoms with Crippen LogP contribution in [-0.4, -0.2) is 0 Å². The Bertz CT molecular complexity index is 636. The Morgan fingerprint density at radius 1 is 0.593 bits per heavy atom. The molecule has 2 aromatic rings. The molecule has 0 aliphatic rings. The molecule has 1 heteroatoms. The van der Waals surface area contributed by atoms with E-state index in [9.17, 15) is 0 Å². The molecule has 2 aromatic carbocycles. The lowest BCUT2D eigenvalue weighted by Crippen LogP contribution is -1.97. The Balaban J connectivity index is 2.00. The second kappa shape index (κ2) is 12.8. The number of unbranched alkanes of at least 4 members (excludes halogenated alkanes) is 10. The Morgan fingerprint density at radius 2 is 1.11 bits per heavy atom. The van der Waals surface area contributed by atoms with E-state index in [0.717, 1.165) is 5.69 Å². The third-order valence-electron chi connectivity index (χ3n) is 5.85. The van der Waals surface area contributed by atoms with Crippen LogP contribution in [0.4, 0.5) is 5.69 Å². The first-order chi connectivity index (χ1) is 13.3. The molecule has 150 valence electrons. The summed E-state index contributed by atoms with van der Waals surface area (Å²) in [5, 5.41) is 2.72. The summed E-state index contributed by atoms with van der Waals surface area (Å²) < 4.78 is 0. The maximum absolute atomic E-state index is 6.31. The molecule has 0 radical (unpaired) electrons. The van der Waals surface area contributed by atoms with E-state index in [1.54, 1.807) is 0 Å². The normalized spacial score (nSPS) is 11.3. The molecule has 0 aromatic heterocycles. The summed E-state index contributed by atoms with van der Waals surface area (Å²) in [5.74, 6) is 0. The minimum absolute atomic E-state index is 0.932. The maximum atomic E-state index is 6.31. The molecule has 0 bridgehead atoms. The van der Waals surface area contributed by atoms with Crippen LogP contribution in [0.2, 0.25) is 0 Å². The van der Waals surface area contributed by atoms with Gasteiger partial charge >= 0.3 is 0 Å². The highest BCUT2D eigenvalue weighted by Gasteiger charge is 2.09. The Hall–Kier alpha value is -1.50. The van der Waals surface area contributed by atoms with E-state index in [4.69, 9.17) is 5.73 Å². The van der Waals surface area contributed by atoms with E-state index >= 15 is 0 Å². The van der Waals surface area contributed by atoms with Crippen molar-refractivity contribution in [3.8, 4) is 0 Å². The number of rotatable bonds is 14. The second-order valence-electron chi connectivity index (χ2n) is 8.19. The lowest BCUT2D eigenvalue weighted by Gasteiger charge is -2.14. The molecule has 27 heavy (non-hydrogen) atoms. The standard InChI is InChI=1S/C26H41N/c1-3-5-7-9-11-13-16-22-18-15-19-24-25(27)21-20-23(26(22)24)17-14-12-10-8-6-4-2/h15,18-21H,3-14,16-17,27H2,1-2H3. The van der Waals surface area contributed by atoms with E-state index in [-0.39, 0.29) is 0 Å². The van der Waals surface area contributed by atoms with Gasteiger partial charge in [-0.05, 0) is 48.3 Å². The summed E-state index contributed by atoms with van der Waals surface area (Å²) in [5.41, 5.74) is 10.3. The summed E-state index contributed by atoms with van der Waals surface area (Å²) in [4.78, 5) is 0.